The van der Waals surface area contributed by atoms with Gasteiger partial charge in [0.05, 0.1) is 16.9 Å². The van der Waals surface area contributed by atoms with Crippen molar-refractivity contribution in [2.24, 2.45) is 0 Å². The smallest absolute Gasteiger partial charge is 0.103 e. The summed E-state index contributed by atoms with van der Waals surface area (Å²) in [5, 5.41) is 11.4. The van der Waals surface area contributed by atoms with E-state index in [1.54, 1.807) is 32.0 Å². The Morgan fingerprint density at radius 1 is 1.22 bits per heavy atom. The molecule has 2 rings (SSSR count). The molecule has 18 heavy (non-hydrogen) atoms. The van der Waals surface area contributed by atoms with E-state index in [9.17, 15) is 5.11 Å². The summed E-state index contributed by atoms with van der Waals surface area (Å²) >= 11 is 5.88. The van der Waals surface area contributed by atoms with Crippen LogP contribution in [0, 0.1) is 0 Å². The van der Waals surface area contributed by atoms with Crippen molar-refractivity contribution in [1.29, 1.82) is 0 Å². The molecule has 0 fully saturated rings. The predicted molar refractivity (Wildman–Crippen MR) is 77.8 cm³/mol. The summed E-state index contributed by atoms with van der Waals surface area (Å²) in [6.45, 7) is 7.32. The van der Waals surface area contributed by atoms with Crippen molar-refractivity contribution in [3.8, 4) is 0 Å². The minimum Gasteiger partial charge on any atom is -0.397 e. The Kier molecular flexibility index (Phi) is 4.54. The Hall–Kier alpha value is -1.32. The largest absolute Gasteiger partial charge is 0.397 e. The average Bonchev–Trinajstić information content (AvgIpc) is 2.29. The number of hydrogen-bond donors (Lipinski definition) is 2. The standard InChI is InChI=1S/C12H13ClN2O.C2H6/c1-12(2,16)11-9(14)6-7-5-8(13)3-4-10(7)15-11;1-2/h3-6,16H,14H2,1-2H3;1-2H3. The van der Waals surface area contributed by atoms with Crippen LogP contribution in [-0.2, 0) is 5.60 Å². The van der Waals surface area contributed by atoms with Crippen LogP contribution in [0.3, 0.4) is 0 Å². The third-order valence-corrected chi connectivity index (χ3v) is 2.62. The van der Waals surface area contributed by atoms with Gasteiger partial charge in [0, 0.05) is 10.4 Å². The second-order valence-electron chi connectivity index (χ2n) is 4.32. The molecule has 0 amide bonds. The maximum absolute atomic E-state index is 9.92. The van der Waals surface area contributed by atoms with Gasteiger partial charge < -0.3 is 10.8 Å². The molecule has 1 heterocycles. The van der Waals surface area contributed by atoms with Crippen molar-refractivity contribution in [3.05, 3.63) is 35.0 Å². The number of hydrogen-bond acceptors (Lipinski definition) is 3. The summed E-state index contributed by atoms with van der Waals surface area (Å²) in [7, 11) is 0. The summed E-state index contributed by atoms with van der Waals surface area (Å²) in [4.78, 5) is 4.35. The molecule has 0 atom stereocenters. The van der Waals surface area contributed by atoms with Crippen LogP contribution < -0.4 is 5.73 Å². The zero-order valence-corrected chi connectivity index (χ0v) is 11.9. The number of nitrogens with two attached hydrogens (primary N) is 1. The van der Waals surface area contributed by atoms with E-state index in [1.807, 2.05) is 19.9 Å². The van der Waals surface area contributed by atoms with Crippen LogP contribution in [0.1, 0.15) is 33.4 Å². The van der Waals surface area contributed by atoms with Crippen molar-refractivity contribution in [3.63, 3.8) is 0 Å². The fourth-order valence-electron chi connectivity index (χ4n) is 1.65. The van der Waals surface area contributed by atoms with E-state index in [0.29, 0.717) is 16.4 Å². The van der Waals surface area contributed by atoms with Crippen LogP contribution >= 0.6 is 11.6 Å². The predicted octanol–water partition coefficient (Wildman–Crippen LogP) is 3.72. The van der Waals surface area contributed by atoms with Crippen molar-refractivity contribution in [1.82, 2.24) is 4.98 Å². The van der Waals surface area contributed by atoms with Crippen LogP contribution in [0.5, 0.6) is 0 Å². The average molecular weight is 267 g/mol. The molecule has 4 heteroatoms. The molecule has 0 aliphatic carbocycles. The fraction of sp³-hybridized carbons (Fsp3) is 0.357. The van der Waals surface area contributed by atoms with Gasteiger partial charge in [0.2, 0.25) is 0 Å². The van der Waals surface area contributed by atoms with Crippen molar-refractivity contribution >= 4 is 28.2 Å². The quantitative estimate of drug-likeness (QED) is 0.827. The number of benzene rings is 1. The van der Waals surface area contributed by atoms with E-state index in [0.717, 1.165) is 10.9 Å². The van der Waals surface area contributed by atoms with Gasteiger partial charge in [-0.1, -0.05) is 25.4 Å². The lowest BCUT2D eigenvalue weighted by Gasteiger charge is -2.19. The first-order valence-corrected chi connectivity index (χ1v) is 6.34. The third-order valence-electron chi connectivity index (χ3n) is 2.39. The van der Waals surface area contributed by atoms with Crippen LogP contribution in [0.15, 0.2) is 24.3 Å². The van der Waals surface area contributed by atoms with E-state index in [-0.39, 0.29) is 0 Å². The van der Waals surface area contributed by atoms with Crippen molar-refractivity contribution in [2.45, 2.75) is 33.3 Å². The fourth-order valence-corrected chi connectivity index (χ4v) is 1.83. The summed E-state index contributed by atoms with van der Waals surface area (Å²) in [6, 6.07) is 7.16. The number of nitrogens with zero attached hydrogens (tertiary/aromatic N) is 1. The lowest BCUT2D eigenvalue weighted by atomic mass is 10.0. The lowest BCUT2D eigenvalue weighted by molar-refractivity contribution is 0.0751. The van der Waals surface area contributed by atoms with Gasteiger partial charge in [0.25, 0.3) is 0 Å². The van der Waals surface area contributed by atoms with E-state index in [2.05, 4.69) is 4.98 Å². The molecule has 0 radical (unpaired) electrons. The Bertz CT molecular complexity index is 547. The van der Waals surface area contributed by atoms with Crippen LogP contribution in [0.4, 0.5) is 5.69 Å². The summed E-state index contributed by atoms with van der Waals surface area (Å²) in [5.41, 5.74) is 6.55. The Balaban J connectivity index is 0.000000771. The highest BCUT2D eigenvalue weighted by molar-refractivity contribution is 6.31. The van der Waals surface area contributed by atoms with Gasteiger partial charge in [-0.15, -0.1) is 0 Å². The minimum atomic E-state index is -1.04. The molecule has 3 N–H and O–H groups in total. The molecule has 2 aromatic rings. The zero-order valence-electron chi connectivity index (χ0n) is 11.2. The van der Waals surface area contributed by atoms with Crippen LogP contribution in [0.25, 0.3) is 10.9 Å². The maximum atomic E-state index is 9.92. The molecule has 0 aliphatic rings. The second kappa shape index (κ2) is 5.55. The molecular formula is C14H19ClN2O. The minimum absolute atomic E-state index is 0.474. The van der Waals surface area contributed by atoms with Crippen molar-refractivity contribution < 1.29 is 5.11 Å². The first-order chi connectivity index (χ1) is 8.38. The monoisotopic (exact) mass is 266 g/mol. The SMILES string of the molecule is CC.CC(C)(O)c1nc2ccc(Cl)cc2cc1N. The number of fused-ring (bicyclic) bond motifs is 1. The van der Waals surface area contributed by atoms with Gasteiger partial charge in [0.15, 0.2) is 0 Å². The Morgan fingerprint density at radius 3 is 2.39 bits per heavy atom. The zero-order chi connectivity index (χ0) is 13.9. The van der Waals surface area contributed by atoms with Gasteiger partial charge in [-0.05, 0) is 38.1 Å². The molecule has 1 aromatic carbocycles. The molecule has 0 unspecified atom stereocenters. The molecule has 98 valence electrons. The van der Waals surface area contributed by atoms with E-state index < -0.39 is 5.60 Å². The van der Waals surface area contributed by atoms with Crippen LogP contribution in [0.2, 0.25) is 5.02 Å². The number of anilines is 1. The first-order valence-electron chi connectivity index (χ1n) is 5.96. The molecule has 0 saturated carbocycles. The van der Waals surface area contributed by atoms with Gasteiger partial charge in [0.1, 0.15) is 5.60 Å². The summed E-state index contributed by atoms with van der Waals surface area (Å²) in [5.74, 6) is 0. The van der Waals surface area contributed by atoms with E-state index >= 15 is 0 Å². The molecular weight excluding hydrogens is 248 g/mol. The summed E-state index contributed by atoms with van der Waals surface area (Å²) in [6.07, 6.45) is 0. The number of aliphatic hydroxyl groups is 1. The van der Waals surface area contributed by atoms with Gasteiger partial charge in [-0.2, -0.15) is 0 Å². The van der Waals surface area contributed by atoms with Crippen molar-refractivity contribution in [2.75, 3.05) is 5.73 Å². The topological polar surface area (TPSA) is 59.1 Å². The molecule has 0 bridgehead atoms. The highest BCUT2D eigenvalue weighted by Gasteiger charge is 2.21. The molecule has 0 aliphatic heterocycles. The van der Waals surface area contributed by atoms with E-state index in [1.165, 1.54) is 0 Å². The molecule has 1 aromatic heterocycles. The Labute approximate surface area is 113 Å². The Morgan fingerprint density at radius 2 is 1.83 bits per heavy atom. The van der Waals surface area contributed by atoms with Gasteiger partial charge >= 0.3 is 0 Å². The van der Waals surface area contributed by atoms with Gasteiger partial charge in [-0.3, -0.25) is 0 Å². The molecule has 0 saturated heterocycles. The number of pyridine rings is 1. The van der Waals surface area contributed by atoms with Crippen LogP contribution in [-0.4, -0.2) is 10.1 Å². The van der Waals surface area contributed by atoms with Gasteiger partial charge in [-0.25, -0.2) is 4.98 Å². The second-order valence-corrected chi connectivity index (χ2v) is 4.76. The molecule has 3 nitrogen and oxygen atoms in total. The lowest BCUT2D eigenvalue weighted by Crippen LogP contribution is -2.19. The highest BCUT2D eigenvalue weighted by Crippen LogP contribution is 2.28. The summed E-state index contributed by atoms with van der Waals surface area (Å²) < 4.78 is 0. The normalized spacial score (nSPS) is 11.0. The maximum Gasteiger partial charge on any atom is 0.103 e. The number of nitrogen functional groups attached to an aromatic ring is 1. The first kappa shape index (κ1) is 14.7. The third kappa shape index (κ3) is 3.12. The molecule has 0 spiro atoms. The van der Waals surface area contributed by atoms with E-state index in [4.69, 9.17) is 17.3 Å². The highest BCUT2D eigenvalue weighted by atomic mass is 35.5. The number of rotatable bonds is 1. The number of halogens is 1. The number of aromatic nitrogens is 1.